The highest BCUT2D eigenvalue weighted by Gasteiger charge is 2.28. The number of aromatic nitrogens is 1. The van der Waals surface area contributed by atoms with E-state index in [1.165, 1.54) is 34.8 Å². The third-order valence-electron chi connectivity index (χ3n) is 4.19. The largest absolute Gasteiger partial charge is 0.245 e. The number of nitrogens with zero attached hydrogens (tertiary/aromatic N) is 1. The normalized spacial score (nSPS) is 22.4. The smallest absolute Gasteiger partial charge is 0.123 e. The summed E-state index contributed by atoms with van der Waals surface area (Å²) in [5, 5.41) is 1.19. The van der Waals surface area contributed by atoms with E-state index in [4.69, 9.17) is 4.98 Å². The molecular weight excluding hydrogens is 269 g/mol. The summed E-state index contributed by atoms with van der Waals surface area (Å²) in [6, 6.07) is 6.85. The van der Waals surface area contributed by atoms with Crippen molar-refractivity contribution in [2.75, 3.05) is 0 Å². The Morgan fingerprint density at radius 1 is 1.25 bits per heavy atom. The summed E-state index contributed by atoms with van der Waals surface area (Å²) >= 11 is 1.77. The summed E-state index contributed by atoms with van der Waals surface area (Å²) < 4.78 is 13.1. The maximum absolute atomic E-state index is 13.1. The van der Waals surface area contributed by atoms with Crippen molar-refractivity contribution < 1.29 is 4.39 Å². The molecule has 0 bridgehead atoms. The number of rotatable bonds is 3. The third-order valence-corrected chi connectivity index (χ3v) is 5.45. The Morgan fingerprint density at radius 3 is 2.60 bits per heavy atom. The highest BCUT2D eigenvalue weighted by atomic mass is 32.1. The zero-order chi connectivity index (χ0) is 14.1. The second-order valence-electron chi connectivity index (χ2n) is 5.80. The summed E-state index contributed by atoms with van der Waals surface area (Å²) in [4.78, 5) is 6.12. The molecule has 106 valence electrons. The lowest BCUT2D eigenvalue weighted by atomic mass is 9.99. The van der Waals surface area contributed by atoms with Crippen LogP contribution in [-0.2, 0) is 6.42 Å². The first-order valence-electron chi connectivity index (χ1n) is 7.43. The van der Waals surface area contributed by atoms with E-state index in [0.29, 0.717) is 5.92 Å². The summed E-state index contributed by atoms with van der Waals surface area (Å²) in [5.74, 6) is 1.21. The van der Waals surface area contributed by atoms with E-state index in [0.717, 1.165) is 17.9 Å². The van der Waals surface area contributed by atoms with Gasteiger partial charge in [-0.05, 0) is 42.9 Å². The van der Waals surface area contributed by atoms with Crippen molar-refractivity contribution in [3.05, 3.63) is 40.8 Å². The van der Waals surface area contributed by atoms with Crippen LogP contribution in [0.25, 0.3) is 10.4 Å². The molecule has 1 fully saturated rings. The maximum atomic E-state index is 13.1. The average Bonchev–Trinajstić information content (AvgIpc) is 3.05. The average molecular weight is 289 g/mol. The first-order valence-corrected chi connectivity index (χ1v) is 8.24. The standard InChI is InChI=1S/C17H20FNS/c1-3-15-19-16(13-5-4-11(2)10-13)17(20-15)12-6-8-14(18)9-7-12/h6-9,11,13H,3-5,10H2,1-2H3. The van der Waals surface area contributed by atoms with E-state index in [9.17, 15) is 4.39 Å². The zero-order valence-corrected chi connectivity index (χ0v) is 12.8. The van der Waals surface area contributed by atoms with E-state index in [-0.39, 0.29) is 5.82 Å². The van der Waals surface area contributed by atoms with Crippen LogP contribution in [0.4, 0.5) is 4.39 Å². The van der Waals surface area contributed by atoms with Crippen LogP contribution in [0.15, 0.2) is 24.3 Å². The first-order chi connectivity index (χ1) is 9.67. The van der Waals surface area contributed by atoms with Crippen LogP contribution in [0.5, 0.6) is 0 Å². The summed E-state index contributed by atoms with van der Waals surface area (Å²) in [6.45, 7) is 4.47. The van der Waals surface area contributed by atoms with Crippen molar-refractivity contribution in [2.24, 2.45) is 5.92 Å². The predicted molar refractivity (Wildman–Crippen MR) is 82.6 cm³/mol. The molecule has 1 saturated carbocycles. The van der Waals surface area contributed by atoms with Gasteiger partial charge < -0.3 is 0 Å². The van der Waals surface area contributed by atoms with Gasteiger partial charge in [0.15, 0.2) is 0 Å². The molecule has 2 unspecified atom stereocenters. The fourth-order valence-electron chi connectivity index (χ4n) is 3.07. The molecule has 1 aromatic carbocycles. The summed E-state index contributed by atoms with van der Waals surface area (Å²) in [6.07, 6.45) is 4.75. The molecule has 0 aliphatic heterocycles. The topological polar surface area (TPSA) is 12.9 Å². The number of halogens is 1. The highest BCUT2D eigenvalue weighted by molar-refractivity contribution is 7.15. The Morgan fingerprint density at radius 2 is 2.00 bits per heavy atom. The Labute approximate surface area is 123 Å². The van der Waals surface area contributed by atoms with Gasteiger partial charge in [0, 0.05) is 5.92 Å². The van der Waals surface area contributed by atoms with E-state index < -0.39 is 0 Å². The van der Waals surface area contributed by atoms with Gasteiger partial charge in [0.2, 0.25) is 0 Å². The fraction of sp³-hybridized carbons (Fsp3) is 0.471. The molecule has 0 N–H and O–H groups in total. The molecule has 0 radical (unpaired) electrons. The minimum absolute atomic E-state index is 0.176. The molecule has 3 heteroatoms. The van der Waals surface area contributed by atoms with Crippen LogP contribution >= 0.6 is 11.3 Å². The monoisotopic (exact) mass is 289 g/mol. The molecule has 20 heavy (non-hydrogen) atoms. The zero-order valence-electron chi connectivity index (χ0n) is 12.0. The summed E-state index contributed by atoms with van der Waals surface area (Å²) in [5.41, 5.74) is 2.36. The highest BCUT2D eigenvalue weighted by Crippen LogP contribution is 2.43. The molecular formula is C17H20FNS. The van der Waals surface area contributed by atoms with Crippen molar-refractivity contribution in [1.29, 1.82) is 0 Å². The van der Waals surface area contributed by atoms with Gasteiger partial charge in [-0.25, -0.2) is 9.37 Å². The maximum Gasteiger partial charge on any atom is 0.123 e. The van der Waals surface area contributed by atoms with Crippen molar-refractivity contribution in [1.82, 2.24) is 4.98 Å². The van der Waals surface area contributed by atoms with Gasteiger partial charge in [-0.2, -0.15) is 0 Å². The molecule has 1 heterocycles. The van der Waals surface area contributed by atoms with Gasteiger partial charge in [0.1, 0.15) is 5.82 Å². The van der Waals surface area contributed by atoms with E-state index in [1.54, 1.807) is 23.5 Å². The lowest BCUT2D eigenvalue weighted by molar-refractivity contribution is 0.593. The number of hydrogen-bond donors (Lipinski definition) is 0. The lowest BCUT2D eigenvalue weighted by Gasteiger charge is -2.09. The van der Waals surface area contributed by atoms with Gasteiger partial charge in [0.25, 0.3) is 0 Å². The van der Waals surface area contributed by atoms with Crippen molar-refractivity contribution in [3.63, 3.8) is 0 Å². The molecule has 1 aliphatic carbocycles. The van der Waals surface area contributed by atoms with E-state index >= 15 is 0 Å². The second-order valence-corrected chi connectivity index (χ2v) is 6.88. The molecule has 1 aromatic heterocycles. The number of thiazole rings is 1. The molecule has 2 aromatic rings. The van der Waals surface area contributed by atoms with Crippen molar-refractivity contribution >= 4 is 11.3 Å². The number of hydrogen-bond acceptors (Lipinski definition) is 2. The predicted octanol–water partition coefficient (Wildman–Crippen LogP) is 5.42. The lowest BCUT2D eigenvalue weighted by Crippen LogP contribution is -1.97. The Bertz CT molecular complexity index is 588. The SMILES string of the molecule is CCc1nc(C2CCC(C)C2)c(-c2ccc(F)cc2)s1. The van der Waals surface area contributed by atoms with E-state index in [2.05, 4.69) is 13.8 Å². The third kappa shape index (κ3) is 2.64. The molecule has 1 nitrogen and oxygen atoms in total. The van der Waals surface area contributed by atoms with Crippen LogP contribution in [0.1, 0.15) is 49.7 Å². The Kier molecular flexibility index (Phi) is 3.88. The Balaban J connectivity index is 2.00. The van der Waals surface area contributed by atoms with Gasteiger partial charge in [-0.3, -0.25) is 0 Å². The second kappa shape index (κ2) is 5.65. The van der Waals surface area contributed by atoms with Gasteiger partial charge in [-0.15, -0.1) is 11.3 Å². The fourth-order valence-corrected chi connectivity index (χ4v) is 4.16. The number of aryl methyl sites for hydroxylation is 1. The van der Waals surface area contributed by atoms with Crippen molar-refractivity contribution in [3.8, 4) is 10.4 Å². The minimum atomic E-state index is -0.176. The van der Waals surface area contributed by atoms with Gasteiger partial charge in [0.05, 0.1) is 15.6 Å². The number of benzene rings is 1. The van der Waals surface area contributed by atoms with Crippen LogP contribution in [-0.4, -0.2) is 4.98 Å². The minimum Gasteiger partial charge on any atom is -0.245 e. The van der Waals surface area contributed by atoms with Crippen LogP contribution in [0, 0.1) is 11.7 Å². The first kappa shape index (κ1) is 13.7. The van der Waals surface area contributed by atoms with Crippen LogP contribution in [0.3, 0.4) is 0 Å². The Hall–Kier alpha value is -1.22. The summed E-state index contributed by atoms with van der Waals surface area (Å²) in [7, 11) is 0. The molecule has 1 aliphatic rings. The molecule has 3 rings (SSSR count). The van der Waals surface area contributed by atoms with Gasteiger partial charge in [-0.1, -0.05) is 32.4 Å². The van der Waals surface area contributed by atoms with Crippen molar-refractivity contribution in [2.45, 2.75) is 45.4 Å². The van der Waals surface area contributed by atoms with Crippen LogP contribution in [0.2, 0.25) is 0 Å². The quantitative estimate of drug-likeness (QED) is 0.735. The molecule has 2 atom stereocenters. The van der Waals surface area contributed by atoms with Gasteiger partial charge >= 0.3 is 0 Å². The molecule has 0 saturated heterocycles. The molecule has 0 amide bonds. The van der Waals surface area contributed by atoms with E-state index in [1.807, 2.05) is 12.1 Å². The molecule has 0 spiro atoms. The van der Waals surface area contributed by atoms with Crippen LogP contribution < -0.4 is 0 Å².